The van der Waals surface area contributed by atoms with Crippen LogP contribution < -0.4 is 4.74 Å². The summed E-state index contributed by atoms with van der Waals surface area (Å²) in [7, 11) is -0.233. The van der Waals surface area contributed by atoms with Crippen LogP contribution in [0.15, 0.2) is 67.3 Å². The summed E-state index contributed by atoms with van der Waals surface area (Å²) < 4.78 is 35.6. The van der Waals surface area contributed by atoms with Crippen molar-refractivity contribution in [2.75, 3.05) is 33.1 Å². The molecule has 1 aliphatic rings. The molecule has 1 fully saturated rings. The lowest BCUT2D eigenvalue weighted by molar-refractivity contribution is -0.139. The Morgan fingerprint density at radius 1 is 1.16 bits per heavy atom. The molecule has 0 radical (unpaired) electrons. The number of carbonyl (C=O) groups excluding carboxylic acids is 1. The lowest BCUT2D eigenvalue weighted by Crippen LogP contribution is -2.40. The molecule has 0 aromatic heterocycles. The van der Waals surface area contributed by atoms with Crippen molar-refractivity contribution < 1.29 is 22.7 Å². The molecular formula is C24H31NO5S. The standard InChI is InChI=1S/C17H23NO4S.C7H8O/c1-3-10-23(20,21)18-9-5-8-16(13-18)15-7-4-6-14(11-15)12-17(19)22-2;1-8-7-5-3-2-4-6-7/h3-4,6-7,11,16H,1,5,8-10,12-13H2,2H3;2-6H,1H3. The van der Waals surface area contributed by atoms with Crippen LogP contribution in [0, 0.1) is 0 Å². The van der Waals surface area contributed by atoms with Gasteiger partial charge in [-0.05, 0) is 42.0 Å². The van der Waals surface area contributed by atoms with E-state index in [9.17, 15) is 13.2 Å². The van der Waals surface area contributed by atoms with E-state index in [1.165, 1.54) is 13.2 Å². The highest BCUT2D eigenvalue weighted by atomic mass is 32.2. The van der Waals surface area contributed by atoms with E-state index < -0.39 is 10.0 Å². The number of rotatable bonds is 7. The lowest BCUT2D eigenvalue weighted by Gasteiger charge is -2.32. The summed E-state index contributed by atoms with van der Waals surface area (Å²) in [6.45, 7) is 4.56. The van der Waals surface area contributed by atoms with Gasteiger partial charge in [-0.1, -0.05) is 48.5 Å². The summed E-state index contributed by atoms with van der Waals surface area (Å²) in [5, 5.41) is 0. The zero-order valence-electron chi connectivity index (χ0n) is 18.2. The van der Waals surface area contributed by atoms with Crippen molar-refractivity contribution in [3.8, 4) is 5.75 Å². The number of methoxy groups -OCH3 is 2. The maximum atomic E-state index is 12.2. The topological polar surface area (TPSA) is 72.9 Å². The molecule has 1 saturated heterocycles. The first-order valence-electron chi connectivity index (χ1n) is 10.2. The highest BCUT2D eigenvalue weighted by molar-refractivity contribution is 7.89. The van der Waals surface area contributed by atoms with Crippen LogP contribution >= 0.6 is 0 Å². The van der Waals surface area contributed by atoms with Crippen molar-refractivity contribution >= 4 is 16.0 Å². The normalized spacial score (nSPS) is 16.5. The van der Waals surface area contributed by atoms with Gasteiger partial charge in [0.05, 0.1) is 26.4 Å². The number of para-hydroxylation sites is 1. The van der Waals surface area contributed by atoms with Crippen LogP contribution in [0.1, 0.15) is 29.9 Å². The summed E-state index contributed by atoms with van der Waals surface area (Å²) in [6, 6.07) is 17.4. The van der Waals surface area contributed by atoms with Gasteiger partial charge < -0.3 is 9.47 Å². The minimum Gasteiger partial charge on any atom is -0.497 e. The van der Waals surface area contributed by atoms with E-state index in [0.29, 0.717) is 13.1 Å². The minimum absolute atomic E-state index is 0.0257. The molecule has 168 valence electrons. The van der Waals surface area contributed by atoms with Gasteiger partial charge in [-0.25, -0.2) is 12.7 Å². The number of ether oxygens (including phenoxy) is 2. The van der Waals surface area contributed by atoms with Crippen LogP contribution in [0.25, 0.3) is 0 Å². The fraction of sp³-hybridized carbons (Fsp3) is 0.375. The molecule has 0 N–H and O–H groups in total. The molecule has 1 atom stereocenters. The summed E-state index contributed by atoms with van der Waals surface area (Å²) in [4.78, 5) is 11.4. The minimum atomic E-state index is -3.27. The smallest absolute Gasteiger partial charge is 0.309 e. The zero-order valence-corrected chi connectivity index (χ0v) is 19.0. The van der Waals surface area contributed by atoms with Gasteiger partial charge in [0.2, 0.25) is 10.0 Å². The average Bonchev–Trinajstić information content (AvgIpc) is 2.80. The molecule has 0 saturated carbocycles. The van der Waals surface area contributed by atoms with Gasteiger partial charge in [0, 0.05) is 13.1 Å². The summed E-state index contributed by atoms with van der Waals surface area (Å²) in [6.07, 6.45) is 3.44. The zero-order chi connectivity index (χ0) is 22.7. The molecule has 0 bridgehead atoms. The van der Waals surface area contributed by atoms with Crippen molar-refractivity contribution in [2.24, 2.45) is 0 Å². The summed E-state index contributed by atoms with van der Waals surface area (Å²) >= 11 is 0. The monoisotopic (exact) mass is 445 g/mol. The highest BCUT2D eigenvalue weighted by Gasteiger charge is 2.28. The molecule has 0 aliphatic carbocycles. The number of sulfonamides is 1. The van der Waals surface area contributed by atoms with Gasteiger partial charge in [0.1, 0.15) is 5.75 Å². The number of carbonyl (C=O) groups is 1. The number of piperidine rings is 1. The first-order valence-corrected chi connectivity index (χ1v) is 11.8. The summed E-state index contributed by atoms with van der Waals surface area (Å²) in [5.41, 5.74) is 1.96. The Morgan fingerprint density at radius 3 is 2.52 bits per heavy atom. The number of hydrogen-bond acceptors (Lipinski definition) is 5. The Balaban J connectivity index is 0.000000357. The van der Waals surface area contributed by atoms with E-state index in [4.69, 9.17) is 9.47 Å². The van der Waals surface area contributed by atoms with E-state index >= 15 is 0 Å². The third-order valence-corrected chi connectivity index (χ3v) is 6.86. The van der Waals surface area contributed by atoms with Gasteiger partial charge in [0.15, 0.2) is 0 Å². The van der Waals surface area contributed by atoms with Crippen molar-refractivity contribution in [3.63, 3.8) is 0 Å². The van der Waals surface area contributed by atoms with Gasteiger partial charge in [-0.15, -0.1) is 6.58 Å². The van der Waals surface area contributed by atoms with E-state index in [1.54, 1.807) is 11.4 Å². The largest absolute Gasteiger partial charge is 0.497 e. The van der Waals surface area contributed by atoms with Crippen LogP contribution in [-0.2, 0) is 26.0 Å². The second kappa shape index (κ2) is 12.3. The van der Waals surface area contributed by atoms with Crippen molar-refractivity contribution in [3.05, 3.63) is 78.4 Å². The Labute approximate surface area is 185 Å². The average molecular weight is 446 g/mol. The number of hydrogen-bond donors (Lipinski definition) is 0. The van der Waals surface area contributed by atoms with E-state index in [2.05, 4.69) is 6.58 Å². The van der Waals surface area contributed by atoms with E-state index in [0.717, 1.165) is 29.7 Å². The van der Waals surface area contributed by atoms with Gasteiger partial charge in [0.25, 0.3) is 0 Å². The fourth-order valence-electron chi connectivity index (χ4n) is 3.47. The van der Waals surface area contributed by atoms with Crippen molar-refractivity contribution in [1.29, 1.82) is 0 Å². The van der Waals surface area contributed by atoms with Crippen molar-refractivity contribution in [2.45, 2.75) is 25.2 Å². The Bertz CT molecular complexity index is 943. The Morgan fingerprint density at radius 2 is 1.90 bits per heavy atom. The molecule has 7 heteroatoms. The number of benzene rings is 2. The maximum Gasteiger partial charge on any atom is 0.309 e. The molecule has 6 nitrogen and oxygen atoms in total. The van der Waals surface area contributed by atoms with Crippen LogP contribution in [0.2, 0.25) is 0 Å². The van der Waals surface area contributed by atoms with Gasteiger partial charge >= 0.3 is 5.97 Å². The first kappa shape index (κ1) is 24.6. The molecule has 31 heavy (non-hydrogen) atoms. The van der Waals surface area contributed by atoms with Crippen LogP contribution in [0.3, 0.4) is 0 Å². The number of esters is 1. The molecular weight excluding hydrogens is 414 g/mol. The predicted octanol–water partition coefficient (Wildman–Crippen LogP) is 3.79. The third-order valence-electron chi connectivity index (χ3n) is 5.08. The molecule has 1 heterocycles. The van der Waals surface area contributed by atoms with Gasteiger partial charge in [-0.3, -0.25) is 4.79 Å². The summed E-state index contributed by atoms with van der Waals surface area (Å²) in [5.74, 6) is 0.761. The molecule has 1 unspecified atom stereocenters. The molecule has 0 spiro atoms. The van der Waals surface area contributed by atoms with Gasteiger partial charge in [-0.2, -0.15) is 0 Å². The highest BCUT2D eigenvalue weighted by Crippen LogP contribution is 2.29. The first-order chi connectivity index (χ1) is 14.9. The van der Waals surface area contributed by atoms with E-state index in [1.807, 2.05) is 54.6 Å². The Hall–Kier alpha value is -2.64. The maximum absolute atomic E-state index is 12.2. The molecule has 3 rings (SSSR count). The SMILES string of the molecule is C=CCS(=O)(=O)N1CCCC(c2cccc(CC(=O)OC)c2)C1.COc1ccccc1. The fourth-order valence-corrected chi connectivity index (χ4v) is 4.80. The predicted molar refractivity (Wildman–Crippen MR) is 123 cm³/mol. The molecule has 0 amide bonds. The quantitative estimate of drug-likeness (QED) is 0.479. The number of nitrogens with zero attached hydrogens (tertiary/aromatic N) is 1. The second-order valence-corrected chi connectivity index (χ2v) is 9.29. The van der Waals surface area contributed by atoms with Crippen LogP contribution in [0.4, 0.5) is 0 Å². The molecule has 1 aliphatic heterocycles. The van der Waals surface area contributed by atoms with Crippen molar-refractivity contribution in [1.82, 2.24) is 4.31 Å². The van der Waals surface area contributed by atoms with E-state index in [-0.39, 0.29) is 24.1 Å². The third kappa shape index (κ3) is 7.84. The van der Waals surface area contributed by atoms with Crippen LogP contribution in [-0.4, -0.2) is 51.8 Å². The molecule has 2 aromatic rings. The molecule has 2 aromatic carbocycles. The van der Waals surface area contributed by atoms with Crippen LogP contribution in [0.5, 0.6) is 5.75 Å². The lowest BCUT2D eigenvalue weighted by atomic mass is 9.90. The second-order valence-electron chi connectivity index (χ2n) is 7.28. The Kier molecular flexibility index (Phi) is 9.75.